The fourth-order valence-corrected chi connectivity index (χ4v) is 2.13. The molecule has 3 rings (SSSR count). The summed E-state index contributed by atoms with van der Waals surface area (Å²) in [6, 6.07) is 10.2. The first-order valence-corrected chi connectivity index (χ1v) is 5.87. The number of halogens is 1. The van der Waals surface area contributed by atoms with E-state index in [1.165, 1.54) is 24.3 Å². The van der Waals surface area contributed by atoms with E-state index in [2.05, 4.69) is 0 Å². The molecule has 20 heavy (non-hydrogen) atoms. The van der Waals surface area contributed by atoms with Crippen LogP contribution in [0.5, 0.6) is 0 Å². The number of hydrogen-bond donors (Lipinski definition) is 2. The van der Waals surface area contributed by atoms with Gasteiger partial charge in [0.1, 0.15) is 22.7 Å². The molecule has 0 amide bonds. The highest BCUT2D eigenvalue weighted by atomic mass is 19.1. The van der Waals surface area contributed by atoms with Crippen LogP contribution in [0.25, 0.3) is 22.3 Å². The molecule has 100 valence electrons. The molecule has 0 aliphatic rings. The molecule has 1 heterocycles. The van der Waals surface area contributed by atoms with Crippen molar-refractivity contribution in [2.45, 2.75) is 0 Å². The minimum atomic E-state index is -1.10. The van der Waals surface area contributed by atoms with E-state index in [4.69, 9.17) is 10.2 Å². The Kier molecular flexibility index (Phi) is 2.68. The number of fused-ring (bicyclic) bond motifs is 1. The number of carboxylic acids is 1. The van der Waals surface area contributed by atoms with Gasteiger partial charge in [0.25, 0.3) is 0 Å². The first-order valence-electron chi connectivity index (χ1n) is 5.87. The Morgan fingerprint density at radius 1 is 1.15 bits per heavy atom. The van der Waals surface area contributed by atoms with Gasteiger partial charge in [-0.2, -0.15) is 0 Å². The number of nitrogen functional groups attached to an aromatic ring is 1. The number of aromatic carboxylic acids is 1. The third-order valence-electron chi connectivity index (χ3n) is 3.03. The Balaban J connectivity index is 2.31. The van der Waals surface area contributed by atoms with Crippen molar-refractivity contribution < 1.29 is 18.7 Å². The van der Waals surface area contributed by atoms with E-state index >= 15 is 0 Å². The number of carboxylic acid groups (broad SMARTS) is 1. The van der Waals surface area contributed by atoms with Gasteiger partial charge in [-0.15, -0.1) is 0 Å². The van der Waals surface area contributed by atoms with Crippen LogP contribution in [0.1, 0.15) is 10.4 Å². The Labute approximate surface area is 113 Å². The molecule has 1 aromatic heterocycles. The van der Waals surface area contributed by atoms with E-state index in [0.717, 1.165) is 0 Å². The van der Waals surface area contributed by atoms with Crippen molar-refractivity contribution in [1.82, 2.24) is 0 Å². The molecular weight excluding hydrogens is 261 g/mol. The number of nitrogens with two attached hydrogens (primary N) is 1. The molecule has 2 aromatic carbocycles. The van der Waals surface area contributed by atoms with Gasteiger partial charge in [0, 0.05) is 22.7 Å². The largest absolute Gasteiger partial charge is 0.478 e. The van der Waals surface area contributed by atoms with Gasteiger partial charge in [0.05, 0.1) is 0 Å². The maximum atomic E-state index is 13.0. The van der Waals surface area contributed by atoms with Crippen molar-refractivity contribution in [3.8, 4) is 11.3 Å². The summed E-state index contributed by atoms with van der Waals surface area (Å²) < 4.78 is 18.5. The van der Waals surface area contributed by atoms with Crippen molar-refractivity contribution in [2.75, 3.05) is 5.73 Å². The van der Waals surface area contributed by atoms with Crippen molar-refractivity contribution >= 4 is 22.6 Å². The molecule has 3 N–H and O–H groups in total. The Hall–Kier alpha value is -2.82. The van der Waals surface area contributed by atoms with Gasteiger partial charge in [-0.3, -0.25) is 0 Å². The normalized spacial score (nSPS) is 10.8. The van der Waals surface area contributed by atoms with Crippen LogP contribution in [0.3, 0.4) is 0 Å². The van der Waals surface area contributed by atoms with Gasteiger partial charge in [0.15, 0.2) is 0 Å². The number of anilines is 1. The molecule has 0 saturated carbocycles. The summed E-state index contributed by atoms with van der Waals surface area (Å²) >= 11 is 0. The van der Waals surface area contributed by atoms with E-state index < -0.39 is 11.8 Å². The topological polar surface area (TPSA) is 76.5 Å². The van der Waals surface area contributed by atoms with Crippen molar-refractivity contribution in [3.05, 3.63) is 53.8 Å². The summed E-state index contributed by atoms with van der Waals surface area (Å²) in [5.74, 6) is -1.31. The van der Waals surface area contributed by atoms with E-state index in [0.29, 0.717) is 22.2 Å². The zero-order valence-corrected chi connectivity index (χ0v) is 10.3. The van der Waals surface area contributed by atoms with Crippen LogP contribution < -0.4 is 5.73 Å². The van der Waals surface area contributed by atoms with Gasteiger partial charge < -0.3 is 15.3 Å². The van der Waals surface area contributed by atoms with Crippen LogP contribution in [0, 0.1) is 5.82 Å². The molecule has 0 fully saturated rings. The highest BCUT2D eigenvalue weighted by Gasteiger charge is 2.21. The zero-order valence-electron chi connectivity index (χ0n) is 10.3. The number of carbonyl (C=O) groups is 1. The van der Waals surface area contributed by atoms with E-state index in [1.54, 1.807) is 18.2 Å². The fourth-order valence-electron chi connectivity index (χ4n) is 2.13. The molecule has 4 nitrogen and oxygen atoms in total. The second kappa shape index (κ2) is 4.38. The maximum absolute atomic E-state index is 13.0. The van der Waals surface area contributed by atoms with Crippen LogP contribution in [-0.4, -0.2) is 11.1 Å². The minimum Gasteiger partial charge on any atom is -0.478 e. The number of benzene rings is 2. The first-order chi connectivity index (χ1) is 9.56. The predicted molar refractivity (Wildman–Crippen MR) is 73.0 cm³/mol. The molecule has 0 aliphatic carbocycles. The van der Waals surface area contributed by atoms with E-state index in [1.807, 2.05) is 0 Å². The number of hydrogen-bond acceptors (Lipinski definition) is 3. The average Bonchev–Trinajstić information content (AvgIpc) is 2.77. The van der Waals surface area contributed by atoms with Crippen molar-refractivity contribution in [2.24, 2.45) is 0 Å². The molecule has 0 atom stereocenters. The average molecular weight is 271 g/mol. The summed E-state index contributed by atoms with van der Waals surface area (Å²) in [6.07, 6.45) is 0. The Bertz CT molecular complexity index is 806. The molecule has 0 aliphatic heterocycles. The minimum absolute atomic E-state index is 0.0478. The summed E-state index contributed by atoms with van der Waals surface area (Å²) in [4.78, 5) is 11.5. The summed E-state index contributed by atoms with van der Waals surface area (Å²) in [7, 11) is 0. The summed E-state index contributed by atoms with van der Waals surface area (Å²) in [5.41, 5.74) is 7.08. The SMILES string of the molecule is Nc1ccc2c(C(=O)O)c(-c3ccc(F)cc3)oc2c1. The highest BCUT2D eigenvalue weighted by Crippen LogP contribution is 2.34. The fraction of sp³-hybridized carbons (Fsp3) is 0. The molecule has 3 aromatic rings. The van der Waals surface area contributed by atoms with Crippen molar-refractivity contribution in [3.63, 3.8) is 0 Å². The third-order valence-corrected chi connectivity index (χ3v) is 3.03. The van der Waals surface area contributed by atoms with Crippen molar-refractivity contribution in [1.29, 1.82) is 0 Å². The van der Waals surface area contributed by atoms with Gasteiger partial charge in [-0.05, 0) is 36.4 Å². The van der Waals surface area contributed by atoms with Crippen LogP contribution >= 0.6 is 0 Å². The van der Waals surface area contributed by atoms with Gasteiger partial charge in [-0.25, -0.2) is 9.18 Å². The molecule has 0 bridgehead atoms. The van der Waals surface area contributed by atoms with E-state index in [9.17, 15) is 14.3 Å². The van der Waals surface area contributed by atoms with Gasteiger partial charge >= 0.3 is 5.97 Å². The smallest absolute Gasteiger partial charge is 0.340 e. The molecular formula is C15H10FNO3. The lowest BCUT2D eigenvalue weighted by Crippen LogP contribution is -1.97. The molecule has 0 unspecified atom stereocenters. The lowest BCUT2D eigenvalue weighted by molar-refractivity contribution is 0.0699. The second-order valence-electron chi connectivity index (χ2n) is 4.37. The molecule has 0 spiro atoms. The van der Waals surface area contributed by atoms with E-state index in [-0.39, 0.29) is 11.3 Å². The third kappa shape index (κ3) is 1.89. The second-order valence-corrected chi connectivity index (χ2v) is 4.37. The van der Waals surface area contributed by atoms with Crippen LogP contribution in [0.15, 0.2) is 46.9 Å². The van der Waals surface area contributed by atoms with Crippen LogP contribution in [0.4, 0.5) is 10.1 Å². The lowest BCUT2D eigenvalue weighted by atomic mass is 10.1. The summed E-state index contributed by atoms with van der Waals surface area (Å²) in [6.45, 7) is 0. The Morgan fingerprint density at radius 2 is 1.85 bits per heavy atom. The monoisotopic (exact) mass is 271 g/mol. The highest BCUT2D eigenvalue weighted by molar-refractivity contribution is 6.08. The predicted octanol–water partition coefficient (Wildman–Crippen LogP) is 3.52. The summed E-state index contributed by atoms with van der Waals surface area (Å²) in [5, 5.41) is 9.84. The lowest BCUT2D eigenvalue weighted by Gasteiger charge is -1.99. The zero-order chi connectivity index (χ0) is 14.3. The maximum Gasteiger partial charge on any atom is 0.340 e. The first kappa shape index (κ1) is 12.2. The van der Waals surface area contributed by atoms with Gasteiger partial charge in [0.2, 0.25) is 0 Å². The molecule has 0 radical (unpaired) electrons. The number of rotatable bonds is 2. The van der Waals surface area contributed by atoms with Crippen LogP contribution in [-0.2, 0) is 0 Å². The molecule has 0 saturated heterocycles. The van der Waals surface area contributed by atoms with Gasteiger partial charge in [-0.1, -0.05) is 0 Å². The Morgan fingerprint density at radius 3 is 2.50 bits per heavy atom. The number of furan rings is 1. The van der Waals surface area contributed by atoms with Crippen LogP contribution in [0.2, 0.25) is 0 Å². The standard InChI is InChI=1S/C15H10FNO3/c16-9-3-1-8(2-4-9)14-13(15(18)19)11-6-5-10(17)7-12(11)20-14/h1-7H,17H2,(H,18,19). The quantitative estimate of drug-likeness (QED) is 0.699. The molecule has 5 heteroatoms.